The number of nitrogens with one attached hydrogen (secondary N) is 1. The number of rotatable bonds is 3. The number of benzene rings is 1. The fourth-order valence-corrected chi connectivity index (χ4v) is 2.37. The van der Waals surface area contributed by atoms with E-state index < -0.39 is 0 Å². The molecule has 0 spiro atoms. The zero-order valence-electron chi connectivity index (χ0n) is 10.8. The lowest BCUT2D eigenvalue weighted by Crippen LogP contribution is -2.36. The van der Waals surface area contributed by atoms with E-state index in [1.54, 1.807) is 30.1 Å². The normalized spacial score (nSPS) is 20.7. The molecule has 4 heteroatoms. The Morgan fingerprint density at radius 3 is 2.83 bits per heavy atom. The van der Waals surface area contributed by atoms with Crippen LogP contribution in [0.5, 0.6) is 0 Å². The van der Waals surface area contributed by atoms with Crippen molar-refractivity contribution in [1.29, 1.82) is 0 Å². The maximum Gasteiger partial charge on any atom is 0.227 e. The third kappa shape index (κ3) is 2.53. The molecular weight excluding hydrogens is 231 g/mol. The van der Waals surface area contributed by atoms with Crippen LogP contribution in [0, 0.1) is 11.7 Å². The lowest BCUT2D eigenvalue weighted by molar-refractivity contribution is -0.135. The van der Waals surface area contributed by atoms with Gasteiger partial charge in [0.15, 0.2) is 0 Å². The first kappa shape index (κ1) is 13.0. The van der Waals surface area contributed by atoms with Crippen LogP contribution in [0.2, 0.25) is 0 Å². The molecule has 1 aromatic carbocycles. The number of carbonyl (C=O) groups is 1. The van der Waals surface area contributed by atoms with Gasteiger partial charge in [0.05, 0.1) is 12.0 Å². The summed E-state index contributed by atoms with van der Waals surface area (Å²) in [4.78, 5) is 13.9. The Balaban J connectivity index is 2.10. The molecule has 3 nitrogen and oxygen atoms in total. The summed E-state index contributed by atoms with van der Waals surface area (Å²) in [7, 11) is 1.75. The minimum absolute atomic E-state index is 0.0317. The highest BCUT2D eigenvalue weighted by Crippen LogP contribution is 2.24. The summed E-state index contributed by atoms with van der Waals surface area (Å²) in [6, 6.07) is 6.38. The molecule has 1 amide bonds. The molecule has 1 aliphatic heterocycles. The molecule has 2 atom stereocenters. The van der Waals surface area contributed by atoms with Crippen molar-refractivity contribution in [2.24, 2.45) is 5.92 Å². The predicted molar refractivity (Wildman–Crippen MR) is 68.6 cm³/mol. The summed E-state index contributed by atoms with van der Waals surface area (Å²) >= 11 is 0. The topological polar surface area (TPSA) is 32.3 Å². The second-order valence-corrected chi connectivity index (χ2v) is 4.84. The van der Waals surface area contributed by atoms with Gasteiger partial charge in [-0.1, -0.05) is 18.2 Å². The predicted octanol–water partition coefficient (Wildman–Crippen LogP) is 1.95. The first-order valence-corrected chi connectivity index (χ1v) is 6.33. The molecule has 1 heterocycles. The van der Waals surface area contributed by atoms with Crippen LogP contribution >= 0.6 is 0 Å². The van der Waals surface area contributed by atoms with Crippen molar-refractivity contribution >= 4 is 5.91 Å². The van der Waals surface area contributed by atoms with E-state index in [1.807, 2.05) is 6.92 Å². The molecule has 1 aromatic rings. The minimum Gasteiger partial charge on any atom is -0.339 e. The van der Waals surface area contributed by atoms with Gasteiger partial charge in [0.25, 0.3) is 0 Å². The van der Waals surface area contributed by atoms with Gasteiger partial charge in [-0.3, -0.25) is 4.79 Å². The maximum atomic E-state index is 13.7. The highest BCUT2D eigenvalue weighted by Gasteiger charge is 2.28. The first-order chi connectivity index (χ1) is 8.61. The van der Waals surface area contributed by atoms with Gasteiger partial charge in [0, 0.05) is 19.2 Å². The average molecular weight is 250 g/mol. The van der Waals surface area contributed by atoms with E-state index in [4.69, 9.17) is 0 Å². The molecule has 2 rings (SSSR count). The third-order valence-electron chi connectivity index (χ3n) is 3.69. The van der Waals surface area contributed by atoms with Crippen LogP contribution < -0.4 is 5.32 Å². The Morgan fingerprint density at radius 2 is 2.22 bits per heavy atom. The molecule has 98 valence electrons. The van der Waals surface area contributed by atoms with Gasteiger partial charge in [-0.25, -0.2) is 4.39 Å². The van der Waals surface area contributed by atoms with Crippen molar-refractivity contribution in [3.63, 3.8) is 0 Å². The van der Waals surface area contributed by atoms with Crippen LogP contribution in [0.3, 0.4) is 0 Å². The molecule has 2 unspecified atom stereocenters. The molecule has 1 fully saturated rings. The quantitative estimate of drug-likeness (QED) is 0.889. The minimum atomic E-state index is -0.255. The van der Waals surface area contributed by atoms with Crippen molar-refractivity contribution in [2.45, 2.75) is 19.4 Å². The molecule has 0 radical (unpaired) electrons. The first-order valence-electron chi connectivity index (χ1n) is 6.33. The number of carbonyl (C=O) groups excluding carboxylic acids is 1. The molecular formula is C14H19FN2O. The van der Waals surface area contributed by atoms with E-state index in [0.29, 0.717) is 5.56 Å². The molecule has 0 aromatic heterocycles. The summed E-state index contributed by atoms with van der Waals surface area (Å²) in [5.41, 5.74) is 0.569. The van der Waals surface area contributed by atoms with E-state index in [9.17, 15) is 9.18 Å². The summed E-state index contributed by atoms with van der Waals surface area (Å²) < 4.78 is 13.7. The fraction of sp³-hybridized carbons (Fsp3) is 0.500. The Hall–Kier alpha value is -1.42. The molecule has 0 bridgehead atoms. The number of hydrogen-bond acceptors (Lipinski definition) is 2. The Morgan fingerprint density at radius 1 is 1.50 bits per heavy atom. The highest BCUT2D eigenvalue weighted by molar-refractivity contribution is 5.79. The van der Waals surface area contributed by atoms with Crippen molar-refractivity contribution < 1.29 is 9.18 Å². The summed E-state index contributed by atoms with van der Waals surface area (Å²) in [5, 5.41) is 3.18. The number of amides is 1. The largest absolute Gasteiger partial charge is 0.339 e. The Bertz CT molecular complexity index is 430. The Kier molecular flexibility index (Phi) is 3.97. The second kappa shape index (κ2) is 5.48. The molecule has 1 N–H and O–H groups in total. The van der Waals surface area contributed by atoms with Gasteiger partial charge >= 0.3 is 0 Å². The zero-order valence-corrected chi connectivity index (χ0v) is 10.8. The number of nitrogens with zero attached hydrogens (tertiary/aromatic N) is 1. The third-order valence-corrected chi connectivity index (χ3v) is 3.69. The Labute approximate surface area is 107 Å². The van der Waals surface area contributed by atoms with E-state index in [-0.39, 0.29) is 23.7 Å². The lowest BCUT2D eigenvalue weighted by Gasteiger charge is -2.28. The standard InChI is InChI=1S/C14H19FN2O/c1-10(12-5-3-4-6-13(12)15)17(2)14(18)11-7-8-16-9-11/h3-6,10-11,16H,7-9H2,1-2H3. The van der Waals surface area contributed by atoms with Gasteiger partial charge in [-0.15, -0.1) is 0 Å². The smallest absolute Gasteiger partial charge is 0.227 e. The summed E-state index contributed by atoms with van der Waals surface area (Å²) in [5.74, 6) is -0.130. The number of hydrogen-bond donors (Lipinski definition) is 1. The van der Waals surface area contributed by atoms with Crippen LogP contribution in [0.15, 0.2) is 24.3 Å². The SMILES string of the molecule is CC(c1ccccc1F)N(C)C(=O)C1CCNC1. The van der Waals surface area contributed by atoms with Crippen LogP contribution in [-0.2, 0) is 4.79 Å². The van der Waals surface area contributed by atoms with Gasteiger partial charge in [0.1, 0.15) is 5.82 Å². The van der Waals surface area contributed by atoms with Crippen molar-refractivity contribution in [3.8, 4) is 0 Å². The molecule has 0 saturated carbocycles. The van der Waals surface area contributed by atoms with Crippen LogP contribution in [-0.4, -0.2) is 30.9 Å². The summed E-state index contributed by atoms with van der Waals surface area (Å²) in [6.07, 6.45) is 0.868. The van der Waals surface area contributed by atoms with E-state index in [0.717, 1.165) is 19.5 Å². The van der Waals surface area contributed by atoms with Crippen molar-refractivity contribution in [3.05, 3.63) is 35.6 Å². The second-order valence-electron chi connectivity index (χ2n) is 4.84. The van der Waals surface area contributed by atoms with Crippen molar-refractivity contribution in [1.82, 2.24) is 10.2 Å². The van der Waals surface area contributed by atoms with Crippen LogP contribution in [0.25, 0.3) is 0 Å². The zero-order chi connectivity index (χ0) is 13.1. The monoisotopic (exact) mass is 250 g/mol. The number of halogens is 1. The van der Waals surface area contributed by atoms with E-state index in [1.165, 1.54) is 6.07 Å². The highest BCUT2D eigenvalue weighted by atomic mass is 19.1. The average Bonchev–Trinajstić information content (AvgIpc) is 2.90. The fourth-order valence-electron chi connectivity index (χ4n) is 2.37. The summed E-state index contributed by atoms with van der Waals surface area (Å²) in [6.45, 7) is 3.48. The van der Waals surface area contributed by atoms with Crippen LogP contribution in [0.4, 0.5) is 4.39 Å². The molecule has 18 heavy (non-hydrogen) atoms. The molecule has 1 saturated heterocycles. The molecule has 1 aliphatic rings. The van der Waals surface area contributed by atoms with E-state index in [2.05, 4.69) is 5.32 Å². The van der Waals surface area contributed by atoms with Gasteiger partial charge in [0.2, 0.25) is 5.91 Å². The van der Waals surface area contributed by atoms with Gasteiger partial charge < -0.3 is 10.2 Å². The lowest BCUT2D eigenvalue weighted by atomic mass is 10.0. The van der Waals surface area contributed by atoms with Crippen LogP contribution in [0.1, 0.15) is 24.9 Å². The molecule has 0 aliphatic carbocycles. The maximum absolute atomic E-state index is 13.7. The van der Waals surface area contributed by atoms with Gasteiger partial charge in [-0.2, -0.15) is 0 Å². The van der Waals surface area contributed by atoms with Crippen molar-refractivity contribution in [2.75, 3.05) is 20.1 Å². The van der Waals surface area contributed by atoms with Gasteiger partial charge in [-0.05, 0) is 26.0 Å². The van der Waals surface area contributed by atoms with E-state index >= 15 is 0 Å².